The molecule has 0 unspecified atom stereocenters. The first kappa shape index (κ1) is 12.6. The lowest BCUT2D eigenvalue weighted by Gasteiger charge is -2.03. The van der Waals surface area contributed by atoms with Crippen LogP contribution in [0.2, 0.25) is 5.02 Å². The zero-order valence-corrected chi connectivity index (χ0v) is 10.2. The van der Waals surface area contributed by atoms with Crippen LogP contribution in [0.3, 0.4) is 0 Å². The summed E-state index contributed by atoms with van der Waals surface area (Å²) in [4.78, 5) is 9.87. The average molecular weight is 267 g/mol. The van der Waals surface area contributed by atoms with Gasteiger partial charge in [0.25, 0.3) is 0 Å². The van der Waals surface area contributed by atoms with Gasteiger partial charge in [0, 0.05) is 11.6 Å². The molecule has 0 fully saturated rings. The molecule has 0 saturated carbocycles. The molecule has 0 amide bonds. The van der Waals surface area contributed by atoms with Crippen LogP contribution in [0.1, 0.15) is 11.3 Å². The first-order valence-corrected chi connectivity index (χ1v) is 5.71. The third-order valence-corrected chi connectivity index (χ3v) is 2.58. The molecule has 2 aromatic rings. The van der Waals surface area contributed by atoms with E-state index in [1.165, 1.54) is 6.07 Å². The standard InChI is InChI=1S/C12H11ClN2O3/c13-10-3-1-2-9(6-10)7-14-8-11-4-5-12(18-11)15(16)17/h1-6,14H,7-8H2. The lowest BCUT2D eigenvalue weighted by molar-refractivity contribution is -0.402. The molecule has 0 radical (unpaired) electrons. The average Bonchev–Trinajstić information content (AvgIpc) is 2.78. The predicted molar refractivity (Wildman–Crippen MR) is 67.4 cm³/mol. The number of hydrogen-bond donors (Lipinski definition) is 1. The van der Waals surface area contributed by atoms with Gasteiger partial charge in [0.2, 0.25) is 0 Å². The maximum Gasteiger partial charge on any atom is 0.433 e. The van der Waals surface area contributed by atoms with Gasteiger partial charge in [0.1, 0.15) is 10.7 Å². The normalized spacial score (nSPS) is 10.5. The van der Waals surface area contributed by atoms with Gasteiger partial charge in [-0.3, -0.25) is 10.1 Å². The van der Waals surface area contributed by atoms with Crippen LogP contribution in [-0.2, 0) is 13.1 Å². The Morgan fingerprint density at radius 1 is 1.28 bits per heavy atom. The third kappa shape index (κ3) is 3.32. The van der Waals surface area contributed by atoms with E-state index >= 15 is 0 Å². The molecule has 6 heteroatoms. The number of nitrogens with one attached hydrogen (secondary N) is 1. The molecular weight excluding hydrogens is 256 g/mol. The molecule has 18 heavy (non-hydrogen) atoms. The number of furan rings is 1. The van der Waals surface area contributed by atoms with Crippen LogP contribution in [0.5, 0.6) is 0 Å². The molecule has 0 saturated heterocycles. The molecule has 1 aromatic carbocycles. The van der Waals surface area contributed by atoms with Crippen molar-refractivity contribution >= 4 is 17.5 Å². The first-order chi connectivity index (χ1) is 8.65. The van der Waals surface area contributed by atoms with Gasteiger partial charge in [-0.15, -0.1) is 0 Å². The van der Waals surface area contributed by atoms with Crippen molar-refractivity contribution < 1.29 is 9.34 Å². The Kier molecular flexibility index (Phi) is 3.96. The van der Waals surface area contributed by atoms with Crippen LogP contribution in [0, 0.1) is 10.1 Å². The maximum atomic E-state index is 10.4. The summed E-state index contributed by atoms with van der Waals surface area (Å²) in [5.74, 6) is 0.290. The molecule has 0 aliphatic rings. The summed E-state index contributed by atoms with van der Waals surface area (Å²) in [6.07, 6.45) is 0. The van der Waals surface area contributed by atoms with Gasteiger partial charge in [-0.2, -0.15) is 0 Å². The smallest absolute Gasteiger partial charge is 0.404 e. The fraction of sp³-hybridized carbons (Fsp3) is 0.167. The zero-order chi connectivity index (χ0) is 13.0. The number of benzene rings is 1. The van der Waals surface area contributed by atoms with Crippen LogP contribution in [0.4, 0.5) is 5.88 Å². The van der Waals surface area contributed by atoms with Crippen molar-refractivity contribution in [3.8, 4) is 0 Å². The van der Waals surface area contributed by atoms with Gasteiger partial charge in [-0.05, 0) is 23.8 Å². The topological polar surface area (TPSA) is 68.3 Å². The molecule has 94 valence electrons. The second-order valence-corrected chi connectivity index (χ2v) is 4.17. The van der Waals surface area contributed by atoms with Gasteiger partial charge in [0.15, 0.2) is 0 Å². The Morgan fingerprint density at radius 3 is 2.78 bits per heavy atom. The van der Waals surface area contributed by atoms with Crippen molar-refractivity contribution in [3.63, 3.8) is 0 Å². The molecular formula is C12H11ClN2O3. The second kappa shape index (κ2) is 5.66. The van der Waals surface area contributed by atoms with Crippen LogP contribution >= 0.6 is 11.6 Å². The molecule has 1 N–H and O–H groups in total. The summed E-state index contributed by atoms with van der Waals surface area (Å²) in [6.45, 7) is 1.05. The Labute approximate surface area is 109 Å². The largest absolute Gasteiger partial charge is 0.433 e. The molecule has 2 rings (SSSR count). The van der Waals surface area contributed by atoms with Crippen molar-refractivity contribution in [1.82, 2.24) is 5.32 Å². The monoisotopic (exact) mass is 266 g/mol. The summed E-state index contributed by atoms with van der Waals surface area (Å²) < 4.78 is 5.02. The van der Waals surface area contributed by atoms with Crippen LogP contribution in [-0.4, -0.2) is 4.92 Å². The fourth-order valence-electron chi connectivity index (χ4n) is 1.54. The van der Waals surface area contributed by atoms with E-state index in [9.17, 15) is 10.1 Å². The van der Waals surface area contributed by atoms with E-state index < -0.39 is 4.92 Å². The van der Waals surface area contributed by atoms with Gasteiger partial charge >= 0.3 is 5.88 Å². The Bertz CT molecular complexity index is 554. The molecule has 0 aliphatic heterocycles. The molecule has 0 aliphatic carbocycles. The van der Waals surface area contributed by atoms with E-state index in [1.54, 1.807) is 12.1 Å². The Hall–Kier alpha value is -1.85. The van der Waals surface area contributed by atoms with Gasteiger partial charge < -0.3 is 9.73 Å². The van der Waals surface area contributed by atoms with E-state index in [0.29, 0.717) is 23.9 Å². The lowest BCUT2D eigenvalue weighted by atomic mass is 10.2. The Morgan fingerprint density at radius 2 is 2.11 bits per heavy atom. The van der Waals surface area contributed by atoms with Crippen molar-refractivity contribution in [2.75, 3.05) is 0 Å². The highest BCUT2D eigenvalue weighted by Crippen LogP contribution is 2.15. The highest BCUT2D eigenvalue weighted by molar-refractivity contribution is 6.30. The maximum absolute atomic E-state index is 10.4. The first-order valence-electron chi connectivity index (χ1n) is 5.33. The number of rotatable bonds is 5. The molecule has 0 atom stereocenters. The van der Waals surface area contributed by atoms with Gasteiger partial charge in [-0.1, -0.05) is 23.7 Å². The minimum absolute atomic E-state index is 0.241. The summed E-state index contributed by atoms with van der Waals surface area (Å²) in [6, 6.07) is 10.4. The van der Waals surface area contributed by atoms with Crippen molar-refractivity contribution in [1.29, 1.82) is 0 Å². The number of nitrogens with zero attached hydrogens (tertiary/aromatic N) is 1. The molecule has 1 aromatic heterocycles. The molecule has 1 heterocycles. The van der Waals surface area contributed by atoms with Crippen molar-refractivity contribution in [2.45, 2.75) is 13.1 Å². The number of nitro groups is 1. The van der Waals surface area contributed by atoms with Crippen molar-refractivity contribution in [2.24, 2.45) is 0 Å². The highest BCUT2D eigenvalue weighted by atomic mass is 35.5. The summed E-state index contributed by atoms with van der Waals surface area (Å²) in [5, 5.41) is 14.2. The van der Waals surface area contributed by atoms with E-state index in [-0.39, 0.29) is 5.88 Å². The van der Waals surface area contributed by atoms with E-state index in [4.69, 9.17) is 16.0 Å². The molecule has 0 spiro atoms. The molecule has 0 bridgehead atoms. The van der Waals surface area contributed by atoms with Crippen molar-refractivity contribution in [3.05, 3.63) is 62.9 Å². The summed E-state index contributed by atoms with van der Waals surface area (Å²) >= 11 is 5.86. The minimum atomic E-state index is -0.555. The summed E-state index contributed by atoms with van der Waals surface area (Å²) in [5.41, 5.74) is 1.04. The SMILES string of the molecule is O=[N+]([O-])c1ccc(CNCc2cccc(Cl)c2)o1. The van der Waals surface area contributed by atoms with Crippen LogP contribution in [0.15, 0.2) is 40.8 Å². The number of hydrogen-bond acceptors (Lipinski definition) is 4. The van der Waals surface area contributed by atoms with Gasteiger partial charge in [0.05, 0.1) is 12.6 Å². The van der Waals surface area contributed by atoms with E-state index in [0.717, 1.165) is 5.56 Å². The summed E-state index contributed by atoms with van der Waals surface area (Å²) in [7, 11) is 0. The predicted octanol–water partition coefficient (Wildman–Crippen LogP) is 3.13. The van der Waals surface area contributed by atoms with Crippen LogP contribution < -0.4 is 5.32 Å². The van der Waals surface area contributed by atoms with Gasteiger partial charge in [-0.25, -0.2) is 0 Å². The molecule has 5 nitrogen and oxygen atoms in total. The van der Waals surface area contributed by atoms with E-state index in [1.807, 2.05) is 18.2 Å². The highest BCUT2D eigenvalue weighted by Gasteiger charge is 2.11. The number of halogens is 1. The van der Waals surface area contributed by atoms with E-state index in [2.05, 4.69) is 5.32 Å². The zero-order valence-electron chi connectivity index (χ0n) is 9.43. The minimum Gasteiger partial charge on any atom is -0.404 e. The quantitative estimate of drug-likeness (QED) is 0.667. The fourth-order valence-corrected chi connectivity index (χ4v) is 1.75. The van der Waals surface area contributed by atoms with Crippen LogP contribution in [0.25, 0.3) is 0 Å². The second-order valence-electron chi connectivity index (χ2n) is 3.73. The Balaban J connectivity index is 1.86. The third-order valence-electron chi connectivity index (χ3n) is 2.34. The lowest BCUT2D eigenvalue weighted by Crippen LogP contribution is -2.11.